The molecule has 1 amide bonds. The third kappa shape index (κ3) is 4.59. The molecule has 1 N–H and O–H groups in total. The average molecular weight is 430 g/mol. The molecule has 162 valence electrons. The number of fused-ring (bicyclic) bond motifs is 1. The van der Waals surface area contributed by atoms with Crippen molar-refractivity contribution in [3.63, 3.8) is 0 Å². The number of anilines is 1. The number of ether oxygens (including phenoxy) is 2. The Kier molecular flexibility index (Phi) is 6.12. The zero-order chi connectivity index (χ0) is 22.5. The van der Waals surface area contributed by atoms with Gasteiger partial charge in [0.25, 0.3) is 5.91 Å². The number of hydrogen-bond donors (Lipinski definition) is 1. The summed E-state index contributed by atoms with van der Waals surface area (Å²) in [6, 6.07) is 19.6. The summed E-state index contributed by atoms with van der Waals surface area (Å²) in [7, 11) is 1.63. The molecule has 0 saturated carbocycles. The van der Waals surface area contributed by atoms with Gasteiger partial charge in [-0.15, -0.1) is 5.10 Å². The highest BCUT2D eigenvalue weighted by atomic mass is 16.5. The molecule has 0 radical (unpaired) electrons. The Bertz CT molecular complexity index is 1280. The van der Waals surface area contributed by atoms with E-state index in [9.17, 15) is 9.59 Å². The van der Waals surface area contributed by atoms with Gasteiger partial charge in [-0.1, -0.05) is 23.4 Å². The molecule has 0 bridgehead atoms. The lowest BCUT2D eigenvalue weighted by Crippen LogP contribution is -2.13. The van der Waals surface area contributed by atoms with Crippen LogP contribution < -0.4 is 10.1 Å². The molecule has 4 aromatic rings. The summed E-state index contributed by atoms with van der Waals surface area (Å²) in [5.74, 6) is 0.0332. The highest BCUT2D eigenvalue weighted by molar-refractivity contribution is 6.06. The van der Waals surface area contributed by atoms with Gasteiger partial charge in [0, 0.05) is 11.3 Å². The fourth-order valence-corrected chi connectivity index (χ4v) is 3.32. The van der Waals surface area contributed by atoms with Gasteiger partial charge < -0.3 is 14.8 Å². The van der Waals surface area contributed by atoms with Crippen molar-refractivity contribution in [1.29, 1.82) is 0 Å². The highest BCUT2D eigenvalue weighted by Crippen LogP contribution is 2.19. The third-order valence-electron chi connectivity index (χ3n) is 4.87. The minimum absolute atomic E-state index is 0.286. The number of nitrogens with one attached hydrogen (secondary N) is 1. The van der Waals surface area contributed by atoms with Crippen molar-refractivity contribution in [2.24, 2.45) is 0 Å². The second-order valence-corrected chi connectivity index (χ2v) is 7.06. The van der Waals surface area contributed by atoms with Gasteiger partial charge >= 0.3 is 5.97 Å². The predicted molar refractivity (Wildman–Crippen MR) is 120 cm³/mol. The van der Waals surface area contributed by atoms with Gasteiger partial charge in [0.1, 0.15) is 11.3 Å². The number of methoxy groups -OCH3 is 1. The SMILES string of the molecule is CCOC(=O)c1cccc(NC(=O)c2ccc3c(c2)nnn3Cc2cccc(OC)c2)c1. The molecule has 0 fully saturated rings. The van der Waals surface area contributed by atoms with Crippen molar-refractivity contribution >= 4 is 28.6 Å². The zero-order valence-electron chi connectivity index (χ0n) is 17.7. The number of carbonyl (C=O) groups excluding carboxylic acids is 2. The number of benzene rings is 3. The van der Waals surface area contributed by atoms with Crippen molar-refractivity contribution in [2.45, 2.75) is 13.5 Å². The lowest BCUT2D eigenvalue weighted by Gasteiger charge is -2.08. The molecule has 4 rings (SSSR count). The molecule has 8 nitrogen and oxygen atoms in total. The molecule has 1 aromatic heterocycles. The first-order valence-corrected chi connectivity index (χ1v) is 10.1. The number of rotatable bonds is 7. The quantitative estimate of drug-likeness (QED) is 0.447. The van der Waals surface area contributed by atoms with E-state index in [1.807, 2.05) is 30.3 Å². The smallest absolute Gasteiger partial charge is 0.338 e. The summed E-state index contributed by atoms with van der Waals surface area (Å²) >= 11 is 0. The van der Waals surface area contributed by atoms with E-state index in [1.54, 1.807) is 55.1 Å². The molecular formula is C24H22N4O4. The van der Waals surface area contributed by atoms with Crippen LogP contribution in [0.1, 0.15) is 33.2 Å². The van der Waals surface area contributed by atoms with Crippen LogP contribution in [-0.4, -0.2) is 40.6 Å². The summed E-state index contributed by atoms with van der Waals surface area (Å²) < 4.78 is 12.0. The second kappa shape index (κ2) is 9.30. The minimum Gasteiger partial charge on any atom is -0.497 e. The van der Waals surface area contributed by atoms with Crippen LogP contribution in [0.3, 0.4) is 0 Å². The van der Waals surface area contributed by atoms with Crippen molar-refractivity contribution in [2.75, 3.05) is 19.0 Å². The predicted octanol–water partition coefficient (Wildman–Crippen LogP) is 3.92. The summed E-state index contributed by atoms with van der Waals surface area (Å²) in [5, 5.41) is 11.2. The van der Waals surface area contributed by atoms with Crippen LogP contribution in [0.15, 0.2) is 66.7 Å². The summed E-state index contributed by atoms with van der Waals surface area (Å²) in [6.45, 7) is 2.56. The molecule has 1 heterocycles. The molecule has 0 unspecified atom stereocenters. The minimum atomic E-state index is -0.433. The summed E-state index contributed by atoms with van der Waals surface area (Å²) in [4.78, 5) is 24.6. The average Bonchev–Trinajstić information content (AvgIpc) is 3.21. The number of hydrogen-bond acceptors (Lipinski definition) is 6. The molecule has 0 atom stereocenters. The fourth-order valence-electron chi connectivity index (χ4n) is 3.32. The highest BCUT2D eigenvalue weighted by Gasteiger charge is 2.13. The van der Waals surface area contributed by atoms with Gasteiger partial charge in [-0.3, -0.25) is 4.79 Å². The summed E-state index contributed by atoms with van der Waals surface area (Å²) in [6.07, 6.45) is 0. The van der Waals surface area contributed by atoms with E-state index in [1.165, 1.54) is 0 Å². The molecule has 8 heteroatoms. The molecule has 0 aliphatic carbocycles. The van der Waals surface area contributed by atoms with Crippen LogP contribution in [0.2, 0.25) is 0 Å². The molecule has 0 saturated heterocycles. The Balaban J connectivity index is 1.51. The van der Waals surface area contributed by atoms with Crippen LogP contribution in [0, 0.1) is 0 Å². The lowest BCUT2D eigenvalue weighted by atomic mass is 10.1. The van der Waals surface area contributed by atoms with E-state index in [4.69, 9.17) is 9.47 Å². The topological polar surface area (TPSA) is 95.3 Å². The largest absolute Gasteiger partial charge is 0.497 e. The number of amides is 1. The zero-order valence-corrected chi connectivity index (χ0v) is 17.7. The van der Waals surface area contributed by atoms with Gasteiger partial charge in [-0.25, -0.2) is 9.48 Å². The third-order valence-corrected chi connectivity index (χ3v) is 4.87. The van der Waals surface area contributed by atoms with E-state index < -0.39 is 5.97 Å². The van der Waals surface area contributed by atoms with E-state index in [2.05, 4.69) is 15.6 Å². The number of carbonyl (C=O) groups is 2. The van der Waals surface area contributed by atoms with E-state index >= 15 is 0 Å². The second-order valence-electron chi connectivity index (χ2n) is 7.06. The van der Waals surface area contributed by atoms with Crippen molar-refractivity contribution in [1.82, 2.24) is 15.0 Å². The van der Waals surface area contributed by atoms with E-state index in [-0.39, 0.29) is 12.5 Å². The standard InChI is InChI=1S/C24H22N4O4/c1-3-32-24(30)18-7-5-8-19(13-18)25-23(29)17-10-11-22-21(14-17)26-27-28(22)15-16-6-4-9-20(12-16)31-2/h4-14H,3,15H2,1-2H3,(H,25,29). The number of aromatic nitrogens is 3. The number of esters is 1. The first-order chi connectivity index (χ1) is 15.6. The van der Waals surface area contributed by atoms with Crippen molar-refractivity contribution < 1.29 is 19.1 Å². The normalized spacial score (nSPS) is 10.7. The Morgan fingerprint density at radius 1 is 1.00 bits per heavy atom. The fraction of sp³-hybridized carbons (Fsp3) is 0.167. The van der Waals surface area contributed by atoms with Crippen LogP contribution in [0.4, 0.5) is 5.69 Å². The Morgan fingerprint density at radius 3 is 2.66 bits per heavy atom. The number of nitrogens with zero attached hydrogens (tertiary/aromatic N) is 3. The Morgan fingerprint density at radius 2 is 1.84 bits per heavy atom. The first-order valence-electron chi connectivity index (χ1n) is 10.1. The molecular weight excluding hydrogens is 408 g/mol. The maximum Gasteiger partial charge on any atom is 0.338 e. The molecule has 32 heavy (non-hydrogen) atoms. The van der Waals surface area contributed by atoms with Gasteiger partial charge in [-0.05, 0) is 61.0 Å². The Hall–Kier alpha value is -4.20. The van der Waals surface area contributed by atoms with Crippen LogP contribution in [0.5, 0.6) is 5.75 Å². The van der Waals surface area contributed by atoms with Crippen LogP contribution >= 0.6 is 0 Å². The van der Waals surface area contributed by atoms with E-state index in [0.29, 0.717) is 28.9 Å². The van der Waals surface area contributed by atoms with Gasteiger partial charge in [0.2, 0.25) is 0 Å². The molecule has 0 aliphatic heterocycles. The maximum atomic E-state index is 12.7. The molecule has 0 spiro atoms. The lowest BCUT2D eigenvalue weighted by molar-refractivity contribution is 0.0526. The summed E-state index contributed by atoms with van der Waals surface area (Å²) in [5.41, 5.74) is 3.77. The molecule has 3 aromatic carbocycles. The maximum absolute atomic E-state index is 12.7. The van der Waals surface area contributed by atoms with Crippen LogP contribution in [-0.2, 0) is 11.3 Å². The Labute approximate surface area is 184 Å². The monoisotopic (exact) mass is 430 g/mol. The van der Waals surface area contributed by atoms with Gasteiger partial charge in [0.15, 0.2) is 0 Å². The van der Waals surface area contributed by atoms with Crippen molar-refractivity contribution in [3.8, 4) is 5.75 Å². The van der Waals surface area contributed by atoms with Gasteiger partial charge in [0.05, 0.1) is 31.3 Å². The van der Waals surface area contributed by atoms with Gasteiger partial charge in [-0.2, -0.15) is 0 Å². The first kappa shape index (κ1) is 21.0. The van der Waals surface area contributed by atoms with Crippen LogP contribution in [0.25, 0.3) is 11.0 Å². The molecule has 0 aliphatic rings. The van der Waals surface area contributed by atoms with E-state index in [0.717, 1.165) is 16.8 Å². The van der Waals surface area contributed by atoms with Crippen molar-refractivity contribution in [3.05, 3.63) is 83.4 Å².